The Morgan fingerprint density at radius 3 is 2.90 bits per heavy atom. The van der Waals surface area contributed by atoms with Gasteiger partial charge < -0.3 is 19.8 Å². The zero-order valence-electron chi connectivity index (χ0n) is 11.6. The van der Waals surface area contributed by atoms with E-state index in [2.05, 4.69) is 10.3 Å². The van der Waals surface area contributed by atoms with Crippen LogP contribution in [0.4, 0.5) is 0 Å². The second-order valence-electron chi connectivity index (χ2n) is 4.49. The number of methoxy groups -OCH3 is 1. The van der Waals surface area contributed by atoms with Gasteiger partial charge in [0, 0.05) is 31.3 Å². The predicted octanol–water partition coefficient (Wildman–Crippen LogP) is 1.28. The maximum absolute atomic E-state index is 11.9. The van der Waals surface area contributed by atoms with Crippen LogP contribution >= 0.6 is 0 Å². The smallest absolute Gasteiger partial charge is 0.252 e. The maximum Gasteiger partial charge on any atom is 0.252 e. The van der Waals surface area contributed by atoms with Crippen molar-refractivity contribution in [2.75, 3.05) is 33.5 Å². The molecule has 2 rings (SSSR count). The molecular weight excluding hydrogens is 256 g/mol. The Kier molecular flexibility index (Phi) is 5.73. The lowest BCUT2D eigenvalue weighted by Gasteiger charge is -2.06. The molecule has 0 radical (unpaired) electrons. The molecule has 0 unspecified atom stereocenters. The number of H-pyrrole nitrogens is 1. The standard InChI is InChI=1S/C15H20N2O3/c1-19-8-9-20-7-6-16-11-13-10-12-4-2-3-5-14(12)17-15(13)18/h2-5,10,16H,6-9,11H2,1H3,(H,17,18). The van der Waals surface area contributed by atoms with Gasteiger partial charge in [0.05, 0.1) is 19.8 Å². The lowest BCUT2D eigenvalue weighted by Crippen LogP contribution is -2.24. The molecule has 0 fully saturated rings. The Hall–Kier alpha value is -1.69. The van der Waals surface area contributed by atoms with Crippen LogP contribution in [0.15, 0.2) is 35.1 Å². The highest BCUT2D eigenvalue weighted by Gasteiger charge is 2.01. The van der Waals surface area contributed by atoms with Gasteiger partial charge in [0.1, 0.15) is 0 Å². The number of benzene rings is 1. The number of rotatable bonds is 8. The second kappa shape index (κ2) is 7.79. The van der Waals surface area contributed by atoms with Crippen LogP contribution in [0.1, 0.15) is 5.56 Å². The number of aromatic nitrogens is 1. The fraction of sp³-hybridized carbons (Fsp3) is 0.400. The summed E-state index contributed by atoms with van der Waals surface area (Å²) >= 11 is 0. The van der Waals surface area contributed by atoms with Gasteiger partial charge in [-0.3, -0.25) is 4.79 Å². The number of fused-ring (bicyclic) bond motifs is 1. The average molecular weight is 276 g/mol. The highest BCUT2D eigenvalue weighted by Crippen LogP contribution is 2.09. The summed E-state index contributed by atoms with van der Waals surface area (Å²) in [6.45, 7) is 3.04. The molecule has 0 amide bonds. The SMILES string of the molecule is COCCOCCNCc1cc2ccccc2[nH]c1=O. The summed E-state index contributed by atoms with van der Waals surface area (Å²) < 4.78 is 10.2. The van der Waals surface area contributed by atoms with Gasteiger partial charge in [-0.1, -0.05) is 18.2 Å². The number of hydrogen-bond acceptors (Lipinski definition) is 4. The summed E-state index contributed by atoms with van der Waals surface area (Å²) in [7, 11) is 1.65. The Morgan fingerprint density at radius 1 is 1.20 bits per heavy atom. The van der Waals surface area contributed by atoms with Crippen molar-refractivity contribution < 1.29 is 9.47 Å². The van der Waals surface area contributed by atoms with Crippen LogP contribution in [0.25, 0.3) is 10.9 Å². The number of para-hydroxylation sites is 1. The molecule has 0 bridgehead atoms. The largest absolute Gasteiger partial charge is 0.382 e. The Labute approximate surface area is 117 Å². The molecule has 2 N–H and O–H groups in total. The molecule has 1 heterocycles. The van der Waals surface area contributed by atoms with Gasteiger partial charge in [0.25, 0.3) is 5.56 Å². The lowest BCUT2D eigenvalue weighted by molar-refractivity contribution is 0.0719. The van der Waals surface area contributed by atoms with Crippen LogP contribution in [-0.2, 0) is 16.0 Å². The first-order valence-corrected chi connectivity index (χ1v) is 6.69. The summed E-state index contributed by atoms with van der Waals surface area (Å²) in [5.41, 5.74) is 1.56. The molecule has 1 aromatic carbocycles. The van der Waals surface area contributed by atoms with Crippen molar-refractivity contribution >= 4 is 10.9 Å². The lowest BCUT2D eigenvalue weighted by atomic mass is 10.1. The van der Waals surface area contributed by atoms with E-state index in [1.165, 1.54) is 0 Å². The zero-order valence-corrected chi connectivity index (χ0v) is 11.6. The third-order valence-corrected chi connectivity index (χ3v) is 3.00. The zero-order chi connectivity index (χ0) is 14.2. The quantitative estimate of drug-likeness (QED) is 0.713. The van der Waals surface area contributed by atoms with Gasteiger partial charge in [0.2, 0.25) is 0 Å². The topological polar surface area (TPSA) is 63.4 Å². The predicted molar refractivity (Wildman–Crippen MR) is 79.0 cm³/mol. The molecule has 20 heavy (non-hydrogen) atoms. The van der Waals surface area contributed by atoms with E-state index in [4.69, 9.17) is 9.47 Å². The molecule has 0 aliphatic carbocycles. The van der Waals surface area contributed by atoms with Crippen LogP contribution in [0, 0.1) is 0 Å². The van der Waals surface area contributed by atoms with Crippen molar-refractivity contribution in [3.05, 3.63) is 46.2 Å². The molecule has 0 spiro atoms. The fourth-order valence-electron chi connectivity index (χ4n) is 1.94. The minimum atomic E-state index is -0.0449. The summed E-state index contributed by atoms with van der Waals surface area (Å²) in [6, 6.07) is 9.68. The second-order valence-corrected chi connectivity index (χ2v) is 4.49. The Bertz CT molecular complexity index is 595. The van der Waals surface area contributed by atoms with Gasteiger partial charge in [-0.05, 0) is 17.5 Å². The van der Waals surface area contributed by atoms with Crippen molar-refractivity contribution in [3.8, 4) is 0 Å². The molecule has 0 saturated carbocycles. The molecule has 2 aromatic rings. The third-order valence-electron chi connectivity index (χ3n) is 3.00. The molecule has 0 atom stereocenters. The van der Waals surface area contributed by atoms with E-state index >= 15 is 0 Å². The van der Waals surface area contributed by atoms with Crippen LogP contribution < -0.4 is 10.9 Å². The van der Waals surface area contributed by atoms with E-state index in [-0.39, 0.29) is 5.56 Å². The number of pyridine rings is 1. The maximum atomic E-state index is 11.9. The molecule has 5 heteroatoms. The van der Waals surface area contributed by atoms with Crippen molar-refractivity contribution in [1.29, 1.82) is 0 Å². The van der Waals surface area contributed by atoms with Crippen LogP contribution in [0.3, 0.4) is 0 Å². The molecule has 108 valence electrons. The van der Waals surface area contributed by atoms with Crippen LogP contribution in [0.5, 0.6) is 0 Å². The van der Waals surface area contributed by atoms with E-state index in [9.17, 15) is 4.79 Å². The number of ether oxygens (including phenoxy) is 2. The van der Waals surface area contributed by atoms with Gasteiger partial charge in [-0.15, -0.1) is 0 Å². The molecule has 1 aromatic heterocycles. The van der Waals surface area contributed by atoms with Crippen molar-refractivity contribution in [2.24, 2.45) is 0 Å². The highest BCUT2D eigenvalue weighted by atomic mass is 16.5. The van der Waals surface area contributed by atoms with Gasteiger partial charge in [-0.25, -0.2) is 0 Å². The minimum absolute atomic E-state index is 0.0449. The molecule has 0 aliphatic heterocycles. The third kappa shape index (κ3) is 4.16. The van der Waals surface area contributed by atoms with E-state index < -0.39 is 0 Å². The summed E-state index contributed by atoms with van der Waals surface area (Å²) in [5.74, 6) is 0. The minimum Gasteiger partial charge on any atom is -0.382 e. The summed E-state index contributed by atoms with van der Waals surface area (Å²) in [6.07, 6.45) is 0. The summed E-state index contributed by atoms with van der Waals surface area (Å²) in [4.78, 5) is 14.8. The van der Waals surface area contributed by atoms with Gasteiger partial charge in [-0.2, -0.15) is 0 Å². The van der Waals surface area contributed by atoms with Crippen LogP contribution in [0.2, 0.25) is 0 Å². The van der Waals surface area contributed by atoms with Crippen molar-refractivity contribution in [3.63, 3.8) is 0 Å². The average Bonchev–Trinajstić information content (AvgIpc) is 2.46. The fourth-order valence-corrected chi connectivity index (χ4v) is 1.94. The Balaban J connectivity index is 1.84. The number of hydrogen-bond donors (Lipinski definition) is 2. The van der Waals surface area contributed by atoms with Crippen LogP contribution in [-0.4, -0.2) is 38.5 Å². The van der Waals surface area contributed by atoms with Crippen molar-refractivity contribution in [1.82, 2.24) is 10.3 Å². The normalized spacial score (nSPS) is 11.1. The first-order chi connectivity index (χ1) is 9.81. The molecule has 0 aliphatic rings. The Morgan fingerprint density at radius 2 is 2.05 bits per heavy atom. The van der Waals surface area contributed by atoms with Crippen molar-refractivity contribution in [2.45, 2.75) is 6.54 Å². The van der Waals surface area contributed by atoms with E-state index in [1.54, 1.807) is 7.11 Å². The van der Waals surface area contributed by atoms with Gasteiger partial charge >= 0.3 is 0 Å². The molecule has 0 saturated heterocycles. The van der Waals surface area contributed by atoms with E-state index in [0.29, 0.717) is 32.9 Å². The summed E-state index contributed by atoms with van der Waals surface area (Å²) in [5, 5.41) is 4.24. The first-order valence-electron chi connectivity index (χ1n) is 6.69. The monoisotopic (exact) mass is 276 g/mol. The molecule has 5 nitrogen and oxygen atoms in total. The van der Waals surface area contributed by atoms with E-state index in [0.717, 1.165) is 16.5 Å². The van der Waals surface area contributed by atoms with E-state index in [1.807, 2.05) is 30.3 Å². The number of nitrogens with one attached hydrogen (secondary N) is 2. The number of aromatic amines is 1. The highest BCUT2D eigenvalue weighted by molar-refractivity contribution is 5.78. The van der Waals surface area contributed by atoms with Gasteiger partial charge in [0.15, 0.2) is 0 Å². The first kappa shape index (κ1) is 14.7. The molecular formula is C15H20N2O3.